The predicted molar refractivity (Wildman–Crippen MR) is 108 cm³/mol. The van der Waals surface area contributed by atoms with Gasteiger partial charge in [-0.05, 0) is 30.3 Å². The smallest absolute Gasteiger partial charge is 0.288 e. The number of nitrogens with one attached hydrogen (secondary N) is 1. The Morgan fingerprint density at radius 2 is 1.71 bits per heavy atom. The highest BCUT2D eigenvalue weighted by molar-refractivity contribution is 7.89. The molecule has 1 N–H and O–H groups in total. The number of benzene rings is 2. The molecule has 28 heavy (non-hydrogen) atoms. The third kappa shape index (κ3) is 4.61. The summed E-state index contributed by atoms with van der Waals surface area (Å²) in [5, 5.41) is 13.4. The summed E-state index contributed by atoms with van der Waals surface area (Å²) in [5.74, 6) is -0.659. The molecule has 0 radical (unpaired) electrons. The van der Waals surface area contributed by atoms with Crippen molar-refractivity contribution in [2.45, 2.75) is 18.7 Å². The Kier molecular flexibility index (Phi) is 7.00. The van der Waals surface area contributed by atoms with Crippen molar-refractivity contribution < 1.29 is 18.1 Å². The fourth-order valence-corrected chi connectivity index (χ4v) is 4.62. The van der Waals surface area contributed by atoms with E-state index in [1.54, 1.807) is 13.8 Å². The Morgan fingerprint density at radius 1 is 1.11 bits per heavy atom. The van der Waals surface area contributed by atoms with Crippen molar-refractivity contribution >= 4 is 50.5 Å². The van der Waals surface area contributed by atoms with E-state index in [2.05, 4.69) is 5.32 Å². The monoisotopic (exact) mass is 445 g/mol. The molecule has 0 spiro atoms. The minimum atomic E-state index is -3.84. The highest BCUT2D eigenvalue weighted by Gasteiger charge is 2.25. The van der Waals surface area contributed by atoms with Gasteiger partial charge < -0.3 is 5.32 Å². The van der Waals surface area contributed by atoms with Crippen LogP contribution in [0, 0.1) is 10.1 Å². The van der Waals surface area contributed by atoms with Gasteiger partial charge in [-0.3, -0.25) is 14.9 Å². The van der Waals surface area contributed by atoms with Crippen LogP contribution in [0.2, 0.25) is 10.0 Å². The van der Waals surface area contributed by atoms with Crippen LogP contribution in [-0.4, -0.2) is 36.6 Å². The first-order valence-electron chi connectivity index (χ1n) is 8.16. The molecule has 0 aliphatic rings. The number of nitro groups is 1. The largest absolute Gasteiger partial charge is 0.322 e. The molecular weight excluding hydrogens is 429 g/mol. The summed E-state index contributed by atoms with van der Waals surface area (Å²) in [6.45, 7) is 3.93. The van der Waals surface area contributed by atoms with Crippen molar-refractivity contribution in [3.05, 3.63) is 62.1 Å². The van der Waals surface area contributed by atoms with Crippen LogP contribution in [-0.2, 0) is 10.0 Å². The SMILES string of the molecule is CCN(CC)S(=O)(=O)c1cc(NC(=O)c2ccc(Cl)c([N+](=O)[O-])c2)ccc1Cl. The van der Waals surface area contributed by atoms with Gasteiger partial charge in [0.15, 0.2) is 0 Å². The quantitative estimate of drug-likeness (QED) is 0.507. The fraction of sp³-hybridized carbons (Fsp3) is 0.235. The zero-order valence-electron chi connectivity index (χ0n) is 15.0. The van der Waals surface area contributed by atoms with Crippen LogP contribution in [0.15, 0.2) is 41.3 Å². The lowest BCUT2D eigenvalue weighted by atomic mass is 10.2. The number of carbonyl (C=O) groups is 1. The van der Waals surface area contributed by atoms with Gasteiger partial charge in [0, 0.05) is 30.4 Å². The van der Waals surface area contributed by atoms with Crippen LogP contribution >= 0.6 is 23.2 Å². The lowest BCUT2D eigenvalue weighted by Crippen LogP contribution is -2.30. The molecule has 2 aromatic rings. The van der Waals surface area contributed by atoms with Gasteiger partial charge in [-0.25, -0.2) is 8.42 Å². The van der Waals surface area contributed by atoms with Gasteiger partial charge in [-0.1, -0.05) is 37.0 Å². The summed E-state index contributed by atoms with van der Waals surface area (Å²) in [4.78, 5) is 22.6. The van der Waals surface area contributed by atoms with E-state index < -0.39 is 26.5 Å². The average molecular weight is 446 g/mol. The zero-order valence-corrected chi connectivity index (χ0v) is 17.3. The number of nitro benzene ring substituents is 1. The molecule has 2 aromatic carbocycles. The molecule has 11 heteroatoms. The summed E-state index contributed by atoms with van der Waals surface area (Å²) in [7, 11) is -3.84. The first-order chi connectivity index (χ1) is 13.1. The van der Waals surface area contributed by atoms with Crippen molar-refractivity contribution in [3.8, 4) is 0 Å². The number of halogens is 2. The molecule has 0 saturated carbocycles. The van der Waals surface area contributed by atoms with Crippen LogP contribution < -0.4 is 5.32 Å². The van der Waals surface area contributed by atoms with Crippen LogP contribution in [0.4, 0.5) is 11.4 Å². The number of rotatable bonds is 7. The van der Waals surface area contributed by atoms with E-state index in [0.717, 1.165) is 6.07 Å². The summed E-state index contributed by atoms with van der Waals surface area (Å²) >= 11 is 11.8. The Hall–Kier alpha value is -2.20. The fourth-order valence-electron chi connectivity index (χ4n) is 2.48. The van der Waals surface area contributed by atoms with E-state index in [1.807, 2.05) is 0 Å². The van der Waals surface area contributed by atoms with Crippen LogP contribution in [0.5, 0.6) is 0 Å². The lowest BCUT2D eigenvalue weighted by molar-refractivity contribution is -0.384. The molecule has 0 aliphatic heterocycles. The molecule has 8 nitrogen and oxygen atoms in total. The molecular formula is C17H17Cl2N3O5S. The number of amides is 1. The Bertz CT molecular complexity index is 1020. The molecule has 0 unspecified atom stereocenters. The Balaban J connectivity index is 2.37. The minimum absolute atomic E-state index is 0.000741. The van der Waals surface area contributed by atoms with Gasteiger partial charge in [0.25, 0.3) is 11.6 Å². The number of nitrogens with zero attached hydrogens (tertiary/aromatic N) is 2. The zero-order chi connectivity index (χ0) is 21.1. The van der Waals surface area contributed by atoms with Crippen LogP contribution in [0.1, 0.15) is 24.2 Å². The number of hydrogen-bond donors (Lipinski definition) is 1. The van der Waals surface area contributed by atoms with E-state index in [0.29, 0.717) is 0 Å². The van der Waals surface area contributed by atoms with Crippen molar-refractivity contribution in [2.75, 3.05) is 18.4 Å². The van der Waals surface area contributed by atoms with E-state index >= 15 is 0 Å². The molecule has 0 aromatic heterocycles. The van der Waals surface area contributed by atoms with Gasteiger partial charge >= 0.3 is 0 Å². The molecule has 0 heterocycles. The standard InChI is InChI=1S/C17H17Cl2N3O5S/c1-3-21(4-2)28(26,27)16-10-12(6-8-14(16)19)20-17(23)11-5-7-13(18)15(9-11)22(24)25/h5-10H,3-4H2,1-2H3,(H,20,23). The predicted octanol–water partition coefficient (Wildman–Crippen LogP) is 4.18. The summed E-state index contributed by atoms with van der Waals surface area (Å²) in [6, 6.07) is 7.66. The molecule has 0 saturated heterocycles. The lowest BCUT2D eigenvalue weighted by Gasteiger charge is -2.19. The second-order valence-corrected chi connectivity index (χ2v) is 8.33. The van der Waals surface area contributed by atoms with E-state index in [-0.39, 0.29) is 39.3 Å². The van der Waals surface area contributed by atoms with Crippen molar-refractivity contribution in [1.29, 1.82) is 0 Å². The maximum Gasteiger partial charge on any atom is 0.288 e. The van der Waals surface area contributed by atoms with E-state index in [4.69, 9.17) is 23.2 Å². The minimum Gasteiger partial charge on any atom is -0.322 e. The van der Waals surface area contributed by atoms with Gasteiger partial charge in [0.1, 0.15) is 9.92 Å². The van der Waals surface area contributed by atoms with Crippen LogP contribution in [0.3, 0.4) is 0 Å². The normalized spacial score (nSPS) is 11.5. The van der Waals surface area contributed by atoms with E-state index in [9.17, 15) is 23.3 Å². The number of carbonyl (C=O) groups excluding carboxylic acids is 1. The number of anilines is 1. The topological polar surface area (TPSA) is 110 Å². The highest BCUT2D eigenvalue weighted by Crippen LogP contribution is 2.29. The van der Waals surface area contributed by atoms with Crippen molar-refractivity contribution in [1.82, 2.24) is 4.31 Å². The first-order valence-corrected chi connectivity index (χ1v) is 10.4. The Morgan fingerprint density at radius 3 is 2.29 bits per heavy atom. The maximum absolute atomic E-state index is 12.7. The second-order valence-electron chi connectivity index (χ2n) is 5.61. The molecule has 0 fully saturated rings. The van der Waals surface area contributed by atoms with Gasteiger partial charge in [-0.2, -0.15) is 4.31 Å². The second kappa shape index (κ2) is 8.87. The summed E-state index contributed by atoms with van der Waals surface area (Å²) in [5.41, 5.74) is -0.229. The van der Waals surface area contributed by atoms with Crippen molar-refractivity contribution in [2.24, 2.45) is 0 Å². The average Bonchev–Trinajstić information content (AvgIpc) is 2.64. The first kappa shape index (κ1) is 22.1. The third-order valence-electron chi connectivity index (χ3n) is 3.92. The van der Waals surface area contributed by atoms with Gasteiger partial charge in [0.2, 0.25) is 10.0 Å². The highest BCUT2D eigenvalue weighted by atomic mass is 35.5. The summed E-state index contributed by atoms with van der Waals surface area (Å²) < 4.78 is 26.7. The Labute approximate surface area is 172 Å². The number of sulfonamides is 1. The molecule has 1 amide bonds. The van der Waals surface area contributed by atoms with Gasteiger partial charge in [-0.15, -0.1) is 0 Å². The number of hydrogen-bond acceptors (Lipinski definition) is 5. The molecule has 2 rings (SSSR count). The molecule has 0 atom stereocenters. The molecule has 0 aliphatic carbocycles. The van der Waals surface area contributed by atoms with Crippen molar-refractivity contribution in [3.63, 3.8) is 0 Å². The van der Waals surface area contributed by atoms with E-state index in [1.165, 1.54) is 34.6 Å². The molecule has 0 bridgehead atoms. The van der Waals surface area contributed by atoms with Crippen LogP contribution in [0.25, 0.3) is 0 Å². The summed E-state index contributed by atoms with van der Waals surface area (Å²) in [6.07, 6.45) is 0. The maximum atomic E-state index is 12.7. The van der Waals surface area contributed by atoms with Gasteiger partial charge in [0.05, 0.1) is 9.95 Å². The molecule has 150 valence electrons. The third-order valence-corrected chi connectivity index (χ3v) is 6.77.